The van der Waals surface area contributed by atoms with E-state index in [9.17, 15) is 0 Å². The summed E-state index contributed by atoms with van der Waals surface area (Å²) in [5.41, 5.74) is 3.98. The normalized spacial score (nSPS) is 11.5. The molecule has 9 heteroatoms. The lowest BCUT2D eigenvalue weighted by Crippen LogP contribution is -1.97. The highest BCUT2D eigenvalue weighted by Crippen LogP contribution is 2.39. The highest BCUT2D eigenvalue weighted by atomic mass is 79.9. The first-order chi connectivity index (χ1) is 15.7. The van der Waals surface area contributed by atoms with E-state index in [-0.39, 0.29) is 0 Å². The molecule has 5 aromatic rings. The van der Waals surface area contributed by atoms with E-state index in [1.165, 1.54) is 0 Å². The van der Waals surface area contributed by atoms with Gasteiger partial charge in [-0.2, -0.15) is 0 Å². The van der Waals surface area contributed by atoms with Gasteiger partial charge in [0.05, 0.1) is 34.9 Å². The first-order valence-electron chi connectivity index (χ1n) is 9.83. The van der Waals surface area contributed by atoms with Gasteiger partial charge in [-0.15, -0.1) is 0 Å². The number of aromatic amines is 1. The molecule has 4 aromatic heterocycles. The van der Waals surface area contributed by atoms with Crippen LogP contribution in [0.1, 0.15) is 11.3 Å². The molecule has 0 amide bonds. The van der Waals surface area contributed by atoms with Crippen LogP contribution in [0, 0.1) is 0 Å². The Morgan fingerprint density at radius 3 is 2.62 bits per heavy atom. The van der Waals surface area contributed by atoms with Crippen LogP contribution in [0.5, 0.6) is 11.6 Å². The summed E-state index contributed by atoms with van der Waals surface area (Å²) in [5.74, 6) is 1.80. The number of nitrogens with zero attached hydrogens (tertiary/aromatic N) is 3. The maximum Gasteiger partial charge on any atom is 0.219 e. The van der Waals surface area contributed by atoms with Crippen molar-refractivity contribution >= 4 is 37.7 Å². The van der Waals surface area contributed by atoms with Gasteiger partial charge >= 0.3 is 0 Å². The monoisotopic (exact) mass is 494 g/mol. The zero-order chi connectivity index (χ0) is 22.1. The number of hydrogen-bond acceptors (Lipinski definition) is 7. The topological polar surface area (TPSA) is 95.3 Å². The summed E-state index contributed by atoms with van der Waals surface area (Å²) in [6.07, 6.45) is 3.49. The van der Waals surface area contributed by atoms with E-state index in [4.69, 9.17) is 18.7 Å². The quantitative estimate of drug-likeness (QED) is 0.313. The summed E-state index contributed by atoms with van der Waals surface area (Å²) < 4.78 is 23.1. The van der Waals surface area contributed by atoms with E-state index in [1.54, 1.807) is 26.6 Å². The molecule has 0 fully saturated rings. The molecule has 0 aliphatic rings. The molecule has 8 nitrogen and oxygen atoms in total. The van der Waals surface area contributed by atoms with E-state index in [1.807, 2.05) is 36.4 Å². The fourth-order valence-corrected chi connectivity index (χ4v) is 3.97. The minimum Gasteiger partial charge on any atom is -0.438 e. The number of fused-ring (bicyclic) bond motifs is 3. The van der Waals surface area contributed by atoms with Gasteiger partial charge in [-0.3, -0.25) is 4.98 Å². The van der Waals surface area contributed by atoms with Crippen LogP contribution >= 0.6 is 15.9 Å². The largest absolute Gasteiger partial charge is 0.438 e. The Bertz CT molecular complexity index is 1390. The Morgan fingerprint density at radius 2 is 1.84 bits per heavy atom. The van der Waals surface area contributed by atoms with Gasteiger partial charge in [0.1, 0.15) is 18.1 Å². The molecule has 0 saturated heterocycles. The van der Waals surface area contributed by atoms with Crippen LogP contribution in [0.2, 0.25) is 0 Å². The summed E-state index contributed by atoms with van der Waals surface area (Å²) >= 11 is 3.40. The van der Waals surface area contributed by atoms with Crippen molar-refractivity contribution in [1.82, 2.24) is 20.1 Å². The third kappa shape index (κ3) is 3.75. The van der Waals surface area contributed by atoms with Gasteiger partial charge in [0.15, 0.2) is 5.76 Å². The lowest BCUT2D eigenvalue weighted by molar-refractivity contribution is 0.156. The van der Waals surface area contributed by atoms with Crippen LogP contribution in [0.25, 0.3) is 33.2 Å². The lowest BCUT2D eigenvalue weighted by atomic mass is 10.0. The molecule has 0 unspecified atom stereocenters. The van der Waals surface area contributed by atoms with Gasteiger partial charge in [-0.1, -0.05) is 11.2 Å². The standard InChI is InChI=1S/C23H19BrN4O4/c1-29-11-14-8-17(28-32-14)23-15(12-30-2)21-18(10-26-23)27-16-4-3-5-19(22(16)21)31-20-7-6-13(24)9-25-20/h3-10,27H,11-12H2,1-2H3. The van der Waals surface area contributed by atoms with Crippen LogP contribution < -0.4 is 4.74 Å². The number of pyridine rings is 2. The Morgan fingerprint density at radius 1 is 0.969 bits per heavy atom. The first-order valence-corrected chi connectivity index (χ1v) is 10.6. The van der Waals surface area contributed by atoms with Crippen molar-refractivity contribution in [3.8, 4) is 23.0 Å². The van der Waals surface area contributed by atoms with Crippen LogP contribution in [0.15, 0.2) is 57.8 Å². The third-order valence-corrected chi connectivity index (χ3v) is 5.49. The predicted octanol–water partition coefficient (Wildman–Crippen LogP) is 5.61. The SMILES string of the molecule is COCc1cc(-c2ncc3[nH]c4cccc(Oc5ccc(Br)cn5)c4c3c2COC)no1. The second kappa shape index (κ2) is 8.70. The molecule has 0 atom stereocenters. The van der Waals surface area contributed by atoms with Crippen molar-refractivity contribution in [2.45, 2.75) is 13.2 Å². The number of benzene rings is 1. The van der Waals surface area contributed by atoms with Crippen molar-refractivity contribution in [3.63, 3.8) is 0 Å². The van der Waals surface area contributed by atoms with E-state index < -0.39 is 0 Å². The molecule has 5 rings (SSSR count). The van der Waals surface area contributed by atoms with E-state index >= 15 is 0 Å². The van der Waals surface area contributed by atoms with Gasteiger partial charge in [0.25, 0.3) is 0 Å². The molecule has 1 aromatic carbocycles. The molecular weight excluding hydrogens is 476 g/mol. The second-order valence-corrected chi connectivity index (χ2v) is 8.05. The van der Waals surface area contributed by atoms with Crippen molar-refractivity contribution in [2.24, 2.45) is 0 Å². The summed E-state index contributed by atoms with van der Waals surface area (Å²) in [6.45, 7) is 0.671. The van der Waals surface area contributed by atoms with Crippen LogP contribution in [0.4, 0.5) is 0 Å². The van der Waals surface area contributed by atoms with Crippen molar-refractivity contribution in [3.05, 3.63) is 64.6 Å². The van der Waals surface area contributed by atoms with E-state index in [2.05, 4.69) is 36.0 Å². The van der Waals surface area contributed by atoms with E-state index in [0.29, 0.717) is 42.0 Å². The Balaban J connectivity index is 1.71. The zero-order valence-corrected chi connectivity index (χ0v) is 19.0. The maximum absolute atomic E-state index is 6.16. The molecule has 162 valence electrons. The number of aromatic nitrogens is 4. The molecular formula is C23H19BrN4O4. The van der Waals surface area contributed by atoms with Gasteiger partial charge in [-0.25, -0.2) is 4.98 Å². The maximum atomic E-state index is 6.16. The summed E-state index contributed by atoms with van der Waals surface area (Å²) in [6, 6.07) is 11.4. The van der Waals surface area contributed by atoms with Gasteiger partial charge < -0.3 is 23.7 Å². The van der Waals surface area contributed by atoms with Gasteiger partial charge in [-0.05, 0) is 34.1 Å². The van der Waals surface area contributed by atoms with Crippen molar-refractivity contribution in [2.75, 3.05) is 14.2 Å². The molecule has 0 aliphatic carbocycles. The lowest BCUT2D eigenvalue weighted by Gasteiger charge is -2.10. The number of rotatable bonds is 7. The molecule has 0 bridgehead atoms. The average Bonchev–Trinajstić information content (AvgIpc) is 3.41. The summed E-state index contributed by atoms with van der Waals surface area (Å²) in [4.78, 5) is 12.4. The average molecular weight is 495 g/mol. The summed E-state index contributed by atoms with van der Waals surface area (Å²) in [7, 11) is 3.26. The Kier molecular flexibility index (Phi) is 5.60. The molecule has 1 N–H and O–H groups in total. The number of ether oxygens (including phenoxy) is 3. The molecule has 0 saturated carbocycles. The Hall–Kier alpha value is -3.27. The number of nitrogens with one attached hydrogen (secondary N) is 1. The minimum atomic E-state index is 0.333. The third-order valence-electron chi connectivity index (χ3n) is 5.02. The number of H-pyrrole nitrogens is 1. The van der Waals surface area contributed by atoms with Gasteiger partial charge in [0, 0.05) is 48.0 Å². The number of methoxy groups -OCH3 is 2. The molecule has 0 spiro atoms. The smallest absolute Gasteiger partial charge is 0.219 e. The highest BCUT2D eigenvalue weighted by molar-refractivity contribution is 9.10. The molecule has 4 heterocycles. The molecule has 32 heavy (non-hydrogen) atoms. The number of hydrogen-bond donors (Lipinski definition) is 1. The van der Waals surface area contributed by atoms with Gasteiger partial charge in [0.2, 0.25) is 5.88 Å². The van der Waals surface area contributed by atoms with Crippen LogP contribution in [-0.2, 0) is 22.7 Å². The first kappa shape index (κ1) is 20.6. The van der Waals surface area contributed by atoms with E-state index in [0.717, 1.165) is 31.8 Å². The highest BCUT2D eigenvalue weighted by Gasteiger charge is 2.20. The minimum absolute atomic E-state index is 0.333. The predicted molar refractivity (Wildman–Crippen MR) is 123 cm³/mol. The molecule has 0 aliphatic heterocycles. The molecule has 0 radical (unpaired) electrons. The zero-order valence-electron chi connectivity index (χ0n) is 17.4. The van der Waals surface area contributed by atoms with Crippen LogP contribution in [0.3, 0.4) is 0 Å². The Labute approximate surface area is 191 Å². The summed E-state index contributed by atoms with van der Waals surface area (Å²) in [5, 5.41) is 6.06. The van der Waals surface area contributed by atoms with Crippen molar-refractivity contribution < 1.29 is 18.7 Å². The fraction of sp³-hybridized carbons (Fsp3) is 0.174. The second-order valence-electron chi connectivity index (χ2n) is 7.14. The number of halogens is 1. The van der Waals surface area contributed by atoms with Crippen LogP contribution in [-0.4, -0.2) is 34.3 Å². The fourth-order valence-electron chi connectivity index (χ4n) is 3.73. The van der Waals surface area contributed by atoms with Crippen molar-refractivity contribution in [1.29, 1.82) is 0 Å².